The summed E-state index contributed by atoms with van der Waals surface area (Å²) in [6.07, 6.45) is 17.3. The molecule has 0 aromatic heterocycles. The standard InChI is InChI=1S/C18H36O2.C15H16O.C2H4O3.Ti/c1-17(2)15-13-11-9-7-5-3-4-6-8-10-12-14-16-18(19)20;1-15(2,12-6-4-3-5-7-12)13-8-10-14(16)11-9-13;3-1-2(4)5;/h17H,3-16H2,1-2H3,(H,19,20);3-11,16H,1-2H3;3H,1H2,(H,4,5);. The Balaban J connectivity index is 0. The van der Waals surface area contributed by atoms with Crippen LogP contribution in [0, 0.1) is 5.92 Å². The van der Waals surface area contributed by atoms with E-state index in [2.05, 4.69) is 52.0 Å². The van der Waals surface area contributed by atoms with E-state index in [0.29, 0.717) is 12.2 Å². The zero-order chi connectivity index (χ0) is 30.9. The van der Waals surface area contributed by atoms with Gasteiger partial charge >= 0.3 is 11.9 Å². The molecule has 0 spiro atoms. The van der Waals surface area contributed by atoms with Crippen LogP contribution in [0.3, 0.4) is 0 Å². The van der Waals surface area contributed by atoms with Gasteiger partial charge in [0.2, 0.25) is 0 Å². The van der Waals surface area contributed by atoms with E-state index in [-0.39, 0.29) is 27.1 Å². The Hall–Kier alpha value is -2.15. The molecule has 6 nitrogen and oxygen atoms in total. The summed E-state index contributed by atoms with van der Waals surface area (Å²) >= 11 is 0. The van der Waals surface area contributed by atoms with Crippen LogP contribution in [0.2, 0.25) is 0 Å². The molecule has 0 amide bonds. The van der Waals surface area contributed by atoms with Crippen LogP contribution < -0.4 is 0 Å². The van der Waals surface area contributed by atoms with Gasteiger partial charge in [0.25, 0.3) is 0 Å². The second-order valence-corrected chi connectivity index (χ2v) is 11.7. The average molecular weight is 621 g/mol. The third-order valence-electron chi connectivity index (χ3n) is 7.14. The van der Waals surface area contributed by atoms with E-state index in [4.69, 9.17) is 20.1 Å². The van der Waals surface area contributed by atoms with Crippen molar-refractivity contribution in [1.82, 2.24) is 0 Å². The maximum Gasteiger partial charge on any atom is 0.329 e. The molecule has 42 heavy (non-hydrogen) atoms. The molecule has 0 bridgehead atoms. The number of rotatable bonds is 18. The first-order chi connectivity index (χ1) is 19.5. The average Bonchev–Trinajstić information content (AvgIpc) is 2.94. The molecule has 236 valence electrons. The van der Waals surface area contributed by atoms with E-state index in [1.54, 1.807) is 12.1 Å². The fraction of sp³-hybridized carbons (Fsp3) is 0.600. The van der Waals surface area contributed by atoms with Crippen molar-refractivity contribution in [3.63, 3.8) is 0 Å². The van der Waals surface area contributed by atoms with Crippen LogP contribution in [0.15, 0.2) is 54.6 Å². The Morgan fingerprint density at radius 1 is 0.643 bits per heavy atom. The summed E-state index contributed by atoms with van der Waals surface area (Å²) in [6, 6.07) is 17.8. The van der Waals surface area contributed by atoms with Crippen LogP contribution in [0.5, 0.6) is 5.75 Å². The Bertz CT molecular complexity index is 913. The van der Waals surface area contributed by atoms with Crippen molar-refractivity contribution in [2.75, 3.05) is 6.61 Å². The minimum atomic E-state index is -1.19. The Morgan fingerprint density at radius 3 is 1.40 bits per heavy atom. The fourth-order valence-corrected chi connectivity index (χ4v) is 4.50. The monoisotopic (exact) mass is 620 g/mol. The molecular weight excluding hydrogens is 564 g/mol. The van der Waals surface area contributed by atoms with Crippen molar-refractivity contribution >= 4 is 11.9 Å². The number of aromatic hydroxyl groups is 1. The number of aliphatic carboxylic acids is 2. The van der Waals surface area contributed by atoms with Gasteiger partial charge in [-0.15, -0.1) is 0 Å². The van der Waals surface area contributed by atoms with Gasteiger partial charge in [0, 0.05) is 33.6 Å². The van der Waals surface area contributed by atoms with E-state index < -0.39 is 18.5 Å². The van der Waals surface area contributed by atoms with Gasteiger partial charge in [-0.25, -0.2) is 4.79 Å². The molecule has 2 aromatic carbocycles. The molecule has 7 heteroatoms. The Labute approximate surface area is 269 Å². The van der Waals surface area contributed by atoms with Crippen LogP contribution in [0.25, 0.3) is 0 Å². The molecule has 0 aliphatic rings. The third-order valence-corrected chi connectivity index (χ3v) is 7.14. The molecule has 0 fully saturated rings. The first-order valence-electron chi connectivity index (χ1n) is 15.4. The van der Waals surface area contributed by atoms with Gasteiger partial charge < -0.3 is 20.4 Å². The second kappa shape index (κ2) is 26.5. The molecule has 2 aromatic rings. The quantitative estimate of drug-likeness (QED) is 0.0977. The number of hydrogen-bond donors (Lipinski definition) is 4. The van der Waals surface area contributed by atoms with Gasteiger partial charge in [0.1, 0.15) is 12.4 Å². The molecule has 0 unspecified atom stereocenters. The van der Waals surface area contributed by atoms with Crippen molar-refractivity contribution in [2.45, 2.75) is 123 Å². The summed E-state index contributed by atoms with van der Waals surface area (Å²) < 4.78 is 0. The fourth-order valence-electron chi connectivity index (χ4n) is 4.50. The van der Waals surface area contributed by atoms with Crippen molar-refractivity contribution in [3.8, 4) is 5.75 Å². The van der Waals surface area contributed by atoms with Gasteiger partial charge in [0.05, 0.1) is 0 Å². The van der Waals surface area contributed by atoms with E-state index >= 15 is 0 Å². The first-order valence-corrected chi connectivity index (χ1v) is 15.4. The number of aliphatic hydroxyl groups excluding tert-OH is 1. The van der Waals surface area contributed by atoms with Crippen molar-refractivity contribution in [1.29, 1.82) is 0 Å². The van der Waals surface area contributed by atoms with Crippen LogP contribution in [-0.2, 0) is 36.7 Å². The number of aliphatic hydroxyl groups is 1. The summed E-state index contributed by atoms with van der Waals surface area (Å²) in [4.78, 5) is 19.5. The summed E-state index contributed by atoms with van der Waals surface area (Å²) in [5, 5.41) is 32.8. The van der Waals surface area contributed by atoms with Gasteiger partial charge in [-0.2, -0.15) is 0 Å². The zero-order valence-corrected chi connectivity index (χ0v) is 28.0. The van der Waals surface area contributed by atoms with Gasteiger partial charge in [0.15, 0.2) is 0 Å². The predicted octanol–water partition coefficient (Wildman–Crippen LogP) is 8.97. The molecular formula is C35H56O6Ti. The number of carboxylic acid groups (broad SMARTS) is 2. The minimum absolute atomic E-state index is 0. The molecule has 0 atom stereocenters. The minimum Gasteiger partial charge on any atom is -0.508 e. The van der Waals surface area contributed by atoms with Crippen molar-refractivity contribution in [2.24, 2.45) is 5.92 Å². The van der Waals surface area contributed by atoms with Crippen LogP contribution >= 0.6 is 0 Å². The number of phenolic OH excluding ortho intramolecular Hbond substituents is 1. The molecule has 0 heterocycles. The van der Waals surface area contributed by atoms with Gasteiger partial charge in [-0.05, 0) is 35.6 Å². The topological polar surface area (TPSA) is 115 Å². The van der Waals surface area contributed by atoms with Gasteiger partial charge in [-0.1, -0.05) is 147 Å². The summed E-state index contributed by atoms with van der Waals surface area (Å²) in [5.41, 5.74) is 2.45. The van der Waals surface area contributed by atoms with Crippen LogP contribution in [0.4, 0.5) is 0 Å². The largest absolute Gasteiger partial charge is 0.508 e. The number of carboxylic acids is 2. The predicted molar refractivity (Wildman–Crippen MR) is 169 cm³/mol. The number of phenols is 1. The van der Waals surface area contributed by atoms with E-state index in [0.717, 1.165) is 18.8 Å². The third kappa shape index (κ3) is 23.4. The first kappa shape index (κ1) is 42.0. The van der Waals surface area contributed by atoms with Gasteiger partial charge in [-0.3, -0.25) is 4.79 Å². The van der Waals surface area contributed by atoms with E-state index in [1.165, 1.54) is 81.8 Å². The molecule has 0 aliphatic carbocycles. The van der Waals surface area contributed by atoms with Crippen molar-refractivity contribution in [3.05, 3.63) is 65.7 Å². The maximum atomic E-state index is 10.3. The molecule has 0 aliphatic heterocycles. The molecule has 0 saturated carbocycles. The van der Waals surface area contributed by atoms with Crippen LogP contribution in [-0.4, -0.2) is 39.0 Å². The molecule has 0 radical (unpaired) electrons. The Kier molecular flexibility index (Phi) is 26.5. The van der Waals surface area contributed by atoms with E-state index in [9.17, 15) is 9.90 Å². The van der Waals surface area contributed by atoms with E-state index in [1.807, 2.05) is 18.2 Å². The van der Waals surface area contributed by atoms with Crippen LogP contribution in [0.1, 0.15) is 129 Å². The smallest absolute Gasteiger partial charge is 0.329 e. The maximum absolute atomic E-state index is 10.3. The number of benzene rings is 2. The zero-order valence-electron chi connectivity index (χ0n) is 26.5. The summed E-state index contributed by atoms with van der Waals surface area (Å²) in [6.45, 7) is 8.22. The normalized spacial score (nSPS) is 10.5. The van der Waals surface area contributed by atoms with Crippen molar-refractivity contribution < 1.29 is 51.7 Å². The molecule has 2 rings (SSSR count). The summed E-state index contributed by atoms with van der Waals surface area (Å²) in [5.74, 6) is -0.665. The number of hydrogen-bond acceptors (Lipinski definition) is 4. The number of carbonyl (C=O) groups is 2. The second-order valence-electron chi connectivity index (χ2n) is 11.7. The SMILES string of the molecule is CC(C)(c1ccccc1)c1ccc(O)cc1.CC(C)CCCCCCCCCCCCCCC(=O)O.O=C(O)CO.[Ti]. The molecule has 4 N–H and O–H groups in total. The summed E-state index contributed by atoms with van der Waals surface area (Å²) in [7, 11) is 0. The molecule has 0 saturated heterocycles. The Morgan fingerprint density at radius 2 is 1.02 bits per heavy atom. The number of unbranched alkanes of at least 4 members (excludes halogenated alkanes) is 11.